The quantitative estimate of drug-likeness (QED) is 0.359. The number of aromatic nitrogens is 3. The van der Waals surface area contributed by atoms with Gasteiger partial charge in [-0.25, -0.2) is 14.3 Å². The van der Waals surface area contributed by atoms with Crippen LogP contribution in [0.5, 0.6) is 11.8 Å². The second kappa shape index (κ2) is 9.68. The van der Waals surface area contributed by atoms with Crippen molar-refractivity contribution in [2.45, 2.75) is 30.5 Å². The zero-order valence-electron chi connectivity index (χ0n) is 18.0. The zero-order chi connectivity index (χ0) is 24.3. The molecule has 34 heavy (non-hydrogen) atoms. The first kappa shape index (κ1) is 23.5. The normalized spacial score (nSPS) is 11.5. The fourth-order valence-corrected chi connectivity index (χ4v) is 3.93. The summed E-state index contributed by atoms with van der Waals surface area (Å²) in [6.07, 6.45) is 1.57. The van der Waals surface area contributed by atoms with Crippen LogP contribution in [0.3, 0.4) is 0 Å². The highest BCUT2D eigenvalue weighted by Gasteiger charge is 2.29. The lowest BCUT2D eigenvalue weighted by atomic mass is 10.2. The Hall–Kier alpha value is -3.66. The molecule has 10 heteroatoms. The monoisotopic (exact) mass is 487 g/mol. The Kier molecular flexibility index (Phi) is 6.69. The number of thioether (sulfide) groups is 1. The average Bonchev–Trinajstić information content (AvgIpc) is 3.01. The second-order valence-corrected chi connectivity index (χ2v) is 8.57. The highest BCUT2D eigenvalue weighted by Crippen LogP contribution is 2.37. The van der Waals surface area contributed by atoms with Crippen molar-refractivity contribution in [3.8, 4) is 17.4 Å². The summed E-state index contributed by atoms with van der Waals surface area (Å²) < 4.78 is 45.9. The molecule has 0 fully saturated rings. The lowest BCUT2D eigenvalue weighted by Gasteiger charge is -2.08. The van der Waals surface area contributed by atoms with E-state index in [1.165, 1.54) is 28.8 Å². The molecule has 0 spiro atoms. The summed E-state index contributed by atoms with van der Waals surface area (Å²) in [5, 5.41) is 10.6. The van der Waals surface area contributed by atoms with Gasteiger partial charge in [0.25, 0.3) is 0 Å². The van der Waals surface area contributed by atoms with Gasteiger partial charge in [0.2, 0.25) is 11.8 Å². The lowest BCUT2D eigenvalue weighted by Crippen LogP contribution is -2.24. The molecule has 0 atom stereocenters. The molecule has 2 aromatic heterocycles. The Morgan fingerprint density at radius 2 is 1.74 bits per heavy atom. The van der Waals surface area contributed by atoms with Crippen LogP contribution < -0.4 is 10.4 Å². The van der Waals surface area contributed by atoms with E-state index in [2.05, 4.69) is 4.98 Å². The van der Waals surface area contributed by atoms with Crippen LogP contribution >= 0.6 is 11.8 Å². The molecule has 0 saturated carbocycles. The van der Waals surface area contributed by atoms with Gasteiger partial charge in [-0.3, -0.25) is 4.57 Å². The molecule has 2 heterocycles. The van der Waals surface area contributed by atoms with E-state index in [4.69, 9.17) is 4.74 Å². The van der Waals surface area contributed by atoms with Crippen LogP contribution in [0.1, 0.15) is 16.8 Å². The number of pyridine rings is 1. The minimum Gasteiger partial charge on any atom is -0.493 e. The number of nitrogens with zero attached hydrogens (tertiary/aromatic N) is 3. The molecule has 0 bridgehead atoms. The Morgan fingerprint density at radius 3 is 2.41 bits per heavy atom. The number of imidazole rings is 1. The molecule has 0 unspecified atom stereocenters. The number of hydrogen-bond donors (Lipinski definition) is 1. The Balaban J connectivity index is 1.55. The maximum absolute atomic E-state index is 13.1. The van der Waals surface area contributed by atoms with E-state index < -0.39 is 11.2 Å². The predicted octanol–water partition coefficient (Wildman–Crippen LogP) is 5.29. The van der Waals surface area contributed by atoms with Gasteiger partial charge in [-0.2, -0.15) is 13.2 Å². The molecular formula is C24H20F3N3O3S. The van der Waals surface area contributed by atoms with Gasteiger partial charge in [-0.05, 0) is 60.1 Å². The van der Waals surface area contributed by atoms with Gasteiger partial charge in [0.05, 0.1) is 17.9 Å². The van der Waals surface area contributed by atoms with Crippen LogP contribution in [0.4, 0.5) is 13.2 Å². The van der Waals surface area contributed by atoms with Crippen molar-refractivity contribution in [2.24, 2.45) is 0 Å². The minimum atomic E-state index is -4.41. The van der Waals surface area contributed by atoms with E-state index in [1.807, 2.05) is 30.3 Å². The van der Waals surface area contributed by atoms with Gasteiger partial charge in [0.1, 0.15) is 6.61 Å². The standard InChI is InChI=1S/C24H20F3N3O3S/c1-16-22(31)30(19-7-9-20(10-8-19)34-24(25,26)27)23(32)29(16)14-18-11-12-28-21(13-18)33-15-17-5-3-2-4-6-17/h2-13,31H,14-15H2,1H3. The Morgan fingerprint density at radius 1 is 1.03 bits per heavy atom. The van der Waals surface area contributed by atoms with Crippen LogP contribution in [0.25, 0.3) is 5.69 Å². The molecule has 4 aromatic rings. The molecule has 0 amide bonds. The first-order valence-corrected chi connectivity index (χ1v) is 11.0. The van der Waals surface area contributed by atoms with Gasteiger partial charge in [0, 0.05) is 17.2 Å². The highest BCUT2D eigenvalue weighted by molar-refractivity contribution is 8.00. The van der Waals surface area contributed by atoms with Crippen molar-refractivity contribution in [3.63, 3.8) is 0 Å². The molecule has 6 nitrogen and oxygen atoms in total. The van der Waals surface area contributed by atoms with E-state index in [1.54, 1.807) is 25.3 Å². The fourth-order valence-electron chi connectivity index (χ4n) is 3.39. The summed E-state index contributed by atoms with van der Waals surface area (Å²) >= 11 is -0.246. The molecule has 0 radical (unpaired) electrons. The number of benzene rings is 2. The molecular weight excluding hydrogens is 467 g/mol. The van der Waals surface area contributed by atoms with Crippen molar-refractivity contribution in [1.82, 2.24) is 14.1 Å². The molecule has 0 aliphatic rings. The van der Waals surface area contributed by atoms with E-state index in [-0.39, 0.29) is 34.8 Å². The first-order valence-electron chi connectivity index (χ1n) is 10.2. The van der Waals surface area contributed by atoms with Gasteiger partial charge < -0.3 is 9.84 Å². The van der Waals surface area contributed by atoms with Crippen LogP contribution in [0.15, 0.2) is 82.6 Å². The minimum absolute atomic E-state index is 0.0141. The Bertz CT molecular complexity index is 1330. The van der Waals surface area contributed by atoms with E-state index in [0.29, 0.717) is 18.2 Å². The van der Waals surface area contributed by atoms with Crippen molar-refractivity contribution in [3.05, 3.63) is 100 Å². The van der Waals surface area contributed by atoms with E-state index >= 15 is 0 Å². The van der Waals surface area contributed by atoms with Gasteiger partial charge >= 0.3 is 11.2 Å². The summed E-state index contributed by atoms with van der Waals surface area (Å²) in [7, 11) is 0. The second-order valence-electron chi connectivity index (χ2n) is 7.43. The topological polar surface area (TPSA) is 69.3 Å². The molecule has 4 rings (SSSR count). The first-order chi connectivity index (χ1) is 16.2. The number of ether oxygens (including phenoxy) is 1. The third kappa shape index (κ3) is 5.45. The summed E-state index contributed by atoms with van der Waals surface area (Å²) in [5.74, 6) is 0.115. The van der Waals surface area contributed by atoms with Crippen molar-refractivity contribution in [1.29, 1.82) is 0 Å². The van der Waals surface area contributed by atoms with Crippen molar-refractivity contribution >= 4 is 11.8 Å². The third-order valence-electron chi connectivity index (χ3n) is 5.06. The summed E-state index contributed by atoms with van der Waals surface area (Å²) in [6, 6.07) is 18.3. The van der Waals surface area contributed by atoms with Gasteiger partial charge in [-0.15, -0.1) is 0 Å². The molecule has 0 saturated heterocycles. The number of aromatic hydroxyl groups is 1. The van der Waals surface area contributed by atoms with Crippen LogP contribution in [0.2, 0.25) is 0 Å². The molecule has 1 N–H and O–H groups in total. The van der Waals surface area contributed by atoms with Crippen LogP contribution in [-0.2, 0) is 13.2 Å². The summed E-state index contributed by atoms with van der Waals surface area (Å²) in [6.45, 7) is 2.09. The zero-order valence-corrected chi connectivity index (χ0v) is 18.8. The third-order valence-corrected chi connectivity index (χ3v) is 5.80. The molecule has 2 aromatic carbocycles. The molecule has 176 valence electrons. The number of alkyl halides is 3. The molecule has 0 aliphatic carbocycles. The SMILES string of the molecule is Cc1c(O)n(-c2ccc(SC(F)(F)F)cc2)c(=O)n1Cc1ccnc(OCc2ccccc2)c1. The largest absolute Gasteiger partial charge is 0.493 e. The maximum Gasteiger partial charge on any atom is 0.446 e. The lowest BCUT2D eigenvalue weighted by molar-refractivity contribution is -0.0328. The van der Waals surface area contributed by atoms with Gasteiger partial charge in [0.15, 0.2) is 0 Å². The summed E-state index contributed by atoms with van der Waals surface area (Å²) in [4.78, 5) is 17.2. The van der Waals surface area contributed by atoms with Gasteiger partial charge in [-0.1, -0.05) is 30.3 Å². The number of hydrogen-bond acceptors (Lipinski definition) is 5. The smallest absolute Gasteiger partial charge is 0.446 e. The van der Waals surface area contributed by atoms with Crippen LogP contribution in [-0.4, -0.2) is 24.7 Å². The average molecular weight is 488 g/mol. The van der Waals surface area contributed by atoms with E-state index in [0.717, 1.165) is 15.7 Å². The fraction of sp³-hybridized carbons (Fsp3) is 0.167. The summed E-state index contributed by atoms with van der Waals surface area (Å²) in [5.41, 5.74) is -2.62. The van der Waals surface area contributed by atoms with Crippen LogP contribution in [0, 0.1) is 6.92 Å². The number of rotatable bonds is 7. The predicted molar refractivity (Wildman–Crippen MR) is 122 cm³/mol. The molecule has 0 aliphatic heterocycles. The van der Waals surface area contributed by atoms with E-state index in [9.17, 15) is 23.1 Å². The van der Waals surface area contributed by atoms with Crippen molar-refractivity contribution < 1.29 is 23.0 Å². The maximum atomic E-state index is 13.1. The Labute approximate surface area is 197 Å². The number of halogens is 3. The highest BCUT2D eigenvalue weighted by atomic mass is 32.2. The van der Waals surface area contributed by atoms with Crippen molar-refractivity contribution in [2.75, 3.05) is 0 Å².